The van der Waals surface area contributed by atoms with E-state index in [-0.39, 0.29) is 27.1 Å². The maximum atomic E-state index is 9.42. The molecule has 7 nitrogen and oxygen atoms in total. The lowest BCUT2D eigenvalue weighted by molar-refractivity contribution is -0.649. The molecule has 0 saturated heterocycles. The van der Waals surface area contributed by atoms with Gasteiger partial charge < -0.3 is 23.0 Å². The van der Waals surface area contributed by atoms with Crippen molar-refractivity contribution in [1.29, 1.82) is 0 Å². The molecule has 440 valence electrons. The Bertz CT molecular complexity index is 4970. The van der Waals surface area contributed by atoms with E-state index in [0.29, 0.717) is 28.2 Å². The first-order chi connectivity index (χ1) is 42.9. The zero-order valence-electron chi connectivity index (χ0n) is 56.6. The maximum absolute atomic E-state index is 9.42. The fourth-order valence-corrected chi connectivity index (χ4v) is 13.2. The molecule has 0 aliphatic carbocycles. The standard InChI is InChI=1S/C81H80N6O/c1-77(2,3)50-30-36-66-61(42-50)62-43-51(78(4,5)6)31-37-67(62)85(66)70-27-21-28-71(86-68-38-32-52(79(7,8)9)44-63(68)64-45-53(80(10,11)12)33-39-69(64)86)75(70)60-25-20-29-72-76(60)83(16)49-84(72)55-22-19-23-56(47-55)88-57-34-35-59-58-24-17-18-26-65(58)87(73(59)48-57)74-46-54(40-41-82-74)81(13,14)15/h17-48H,1-16H3/i16D3. The molecule has 0 radical (unpaired) electrons. The third kappa shape index (κ3) is 9.39. The topological polar surface area (TPSA) is 45.7 Å². The van der Waals surface area contributed by atoms with E-state index in [1.54, 1.807) is 0 Å². The van der Waals surface area contributed by atoms with Crippen molar-refractivity contribution in [3.63, 3.8) is 0 Å². The van der Waals surface area contributed by atoms with Crippen LogP contribution < -0.4 is 9.30 Å². The Kier molecular flexibility index (Phi) is 12.0. The van der Waals surface area contributed by atoms with Gasteiger partial charge in [0.25, 0.3) is 0 Å². The lowest BCUT2D eigenvalue weighted by Crippen LogP contribution is -2.27. The molecule has 0 aliphatic heterocycles. The highest BCUT2D eigenvalue weighted by Gasteiger charge is 2.28. The number of aryl methyl sites for hydroxylation is 1. The lowest BCUT2D eigenvalue weighted by Gasteiger charge is -2.23. The lowest BCUT2D eigenvalue weighted by atomic mass is 9.85. The third-order valence-corrected chi connectivity index (χ3v) is 18.2. The fourth-order valence-electron chi connectivity index (χ4n) is 13.2. The molecule has 0 atom stereocenters. The van der Waals surface area contributed by atoms with Crippen molar-refractivity contribution in [2.75, 3.05) is 0 Å². The number of ether oxygens (including phenoxy) is 1. The van der Waals surface area contributed by atoms with E-state index in [1.807, 2.05) is 47.2 Å². The van der Waals surface area contributed by atoms with Crippen molar-refractivity contribution >= 4 is 76.5 Å². The molecule has 0 fully saturated rings. The van der Waals surface area contributed by atoms with E-state index < -0.39 is 6.98 Å². The second kappa shape index (κ2) is 19.9. The average molecular weight is 1160 g/mol. The van der Waals surface area contributed by atoms with Gasteiger partial charge in [0.05, 0.1) is 72.3 Å². The van der Waals surface area contributed by atoms with Gasteiger partial charge in [0.2, 0.25) is 6.33 Å². The first kappa shape index (κ1) is 53.1. The van der Waals surface area contributed by atoms with Gasteiger partial charge in [-0.25, -0.2) is 4.98 Å². The van der Waals surface area contributed by atoms with E-state index in [2.05, 4.69) is 276 Å². The molecule has 0 unspecified atom stereocenters. The van der Waals surface area contributed by atoms with Crippen LogP contribution in [0.2, 0.25) is 0 Å². The highest BCUT2D eigenvalue weighted by molar-refractivity contribution is 6.14. The van der Waals surface area contributed by atoms with Crippen LogP contribution in [0.5, 0.6) is 11.5 Å². The number of para-hydroxylation sites is 2. The summed E-state index contributed by atoms with van der Waals surface area (Å²) in [7, 11) is 0. The number of nitrogens with zero attached hydrogens (tertiary/aromatic N) is 6. The number of rotatable bonds is 7. The highest BCUT2D eigenvalue weighted by Crippen LogP contribution is 2.47. The summed E-state index contributed by atoms with van der Waals surface area (Å²) in [4.78, 5) is 4.92. The zero-order chi connectivity index (χ0) is 64.2. The van der Waals surface area contributed by atoms with Crippen molar-refractivity contribution in [1.82, 2.24) is 23.3 Å². The Labute approximate surface area is 522 Å². The van der Waals surface area contributed by atoms with Crippen molar-refractivity contribution in [2.24, 2.45) is 6.98 Å². The van der Waals surface area contributed by atoms with Gasteiger partial charge in [0.1, 0.15) is 17.3 Å². The minimum atomic E-state index is -2.66. The molecule has 14 rings (SSSR count). The van der Waals surface area contributed by atoms with Crippen LogP contribution in [0.1, 0.15) is 136 Å². The molecule has 0 bridgehead atoms. The van der Waals surface area contributed by atoms with Crippen molar-refractivity contribution in [2.45, 2.75) is 131 Å². The van der Waals surface area contributed by atoms with Gasteiger partial charge >= 0.3 is 0 Å². The molecule has 7 heteroatoms. The predicted molar refractivity (Wildman–Crippen MR) is 370 cm³/mol. The van der Waals surface area contributed by atoms with Gasteiger partial charge in [0.15, 0.2) is 0 Å². The number of aromatic nitrogens is 6. The normalized spacial score (nSPS) is 13.6. The Hall–Kier alpha value is -9.20. The summed E-state index contributed by atoms with van der Waals surface area (Å²) >= 11 is 0. The molecular weight excluding hydrogens is 1070 g/mol. The second-order valence-electron chi connectivity index (χ2n) is 29.5. The molecule has 5 aromatic heterocycles. The van der Waals surface area contributed by atoms with E-state index in [4.69, 9.17) is 9.72 Å². The monoisotopic (exact) mass is 1160 g/mol. The second-order valence-corrected chi connectivity index (χ2v) is 29.5. The van der Waals surface area contributed by atoms with Crippen LogP contribution in [0.3, 0.4) is 0 Å². The van der Waals surface area contributed by atoms with Crippen LogP contribution in [0, 0.1) is 6.33 Å². The fraction of sp³-hybridized carbons (Fsp3) is 0.259. The molecule has 88 heavy (non-hydrogen) atoms. The van der Waals surface area contributed by atoms with E-state index in [9.17, 15) is 4.11 Å². The summed E-state index contributed by atoms with van der Waals surface area (Å²) < 4.78 is 45.4. The summed E-state index contributed by atoms with van der Waals surface area (Å²) in [6.07, 6.45) is 5.32. The number of benzene rings is 9. The highest BCUT2D eigenvalue weighted by atomic mass is 16.5. The van der Waals surface area contributed by atoms with E-state index >= 15 is 0 Å². The maximum Gasteiger partial charge on any atom is 0.244 e. The summed E-state index contributed by atoms with van der Waals surface area (Å²) in [6.45, 7) is 31.3. The molecular formula is C81H80N6O. The zero-order valence-corrected chi connectivity index (χ0v) is 53.6. The van der Waals surface area contributed by atoms with Gasteiger partial charge in [-0.05, 0) is 164 Å². The van der Waals surface area contributed by atoms with Crippen LogP contribution in [0.25, 0.3) is 110 Å². The Balaban J connectivity index is 1.02. The molecule has 0 saturated carbocycles. The molecule has 0 N–H and O–H groups in total. The Morgan fingerprint density at radius 3 is 1.36 bits per heavy atom. The van der Waals surface area contributed by atoms with Crippen LogP contribution >= 0.6 is 0 Å². The number of hydrogen-bond acceptors (Lipinski definition) is 2. The summed E-state index contributed by atoms with van der Waals surface area (Å²) in [5.41, 5.74) is 17.3. The van der Waals surface area contributed by atoms with Crippen molar-refractivity contribution < 1.29 is 13.4 Å². The molecule has 0 spiro atoms. The molecule has 5 heterocycles. The Morgan fingerprint density at radius 2 is 0.841 bits per heavy atom. The first-order valence-corrected chi connectivity index (χ1v) is 31.0. The minimum absolute atomic E-state index is 0.0705. The third-order valence-electron chi connectivity index (χ3n) is 18.2. The smallest absolute Gasteiger partial charge is 0.244 e. The first-order valence-electron chi connectivity index (χ1n) is 32.5. The summed E-state index contributed by atoms with van der Waals surface area (Å²) in [6, 6.07) is 67.3. The number of imidazole rings is 1. The van der Waals surface area contributed by atoms with Crippen LogP contribution in [-0.2, 0) is 34.1 Å². The predicted octanol–water partition coefficient (Wildman–Crippen LogP) is 20.9. The van der Waals surface area contributed by atoms with Crippen LogP contribution in [0.4, 0.5) is 0 Å². The molecule has 9 aromatic carbocycles. The number of fused-ring (bicyclic) bond motifs is 10. The SMILES string of the molecule is [2H]C([2H])([2H])[n+]1[c-]n(-c2cccc(Oc3ccc4c5ccccc5n(-c5cc(C(C)(C)C)ccn5)c4c3)c2)c2cccc(-c3c(-n4c5ccc(C(C)(C)C)cc5c5cc(C(C)(C)C)ccc54)cccc3-n3c4ccc(C(C)(C)C)cc4c4cc(C(C)(C)C)ccc43)c21. The van der Waals surface area contributed by atoms with E-state index in [0.717, 1.165) is 93.7 Å². The summed E-state index contributed by atoms with van der Waals surface area (Å²) in [5.74, 6) is 2.07. The van der Waals surface area contributed by atoms with E-state index in [1.165, 1.54) is 32.4 Å². The number of hydrogen-bond donors (Lipinski definition) is 0. The van der Waals surface area contributed by atoms with Crippen LogP contribution in [0.15, 0.2) is 194 Å². The summed E-state index contributed by atoms with van der Waals surface area (Å²) in [5, 5.41) is 6.86. The van der Waals surface area contributed by atoms with Gasteiger partial charge in [-0.1, -0.05) is 183 Å². The van der Waals surface area contributed by atoms with Gasteiger partial charge in [-0.15, -0.1) is 0 Å². The van der Waals surface area contributed by atoms with Gasteiger partial charge in [0, 0.05) is 50.1 Å². The molecule has 0 amide bonds. The molecule has 0 aliphatic rings. The quantitative estimate of drug-likeness (QED) is 0.118. The number of pyridine rings is 1. The van der Waals surface area contributed by atoms with Gasteiger partial charge in [-0.3, -0.25) is 4.57 Å². The Morgan fingerprint density at radius 1 is 0.386 bits per heavy atom. The van der Waals surface area contributed by atoms with Crippen molar-refractivity contribution in [3.05, 3.63) is 228 Å². The minimum Gasteiger partial charge on any atom is -0.458 e. The van der Waals surface area contributed by atoms with Crippen LogP contribution in [-0.4, -0.2) is 23.3 Å². The average Bonchev–Trinajstić information content (AvgIpc) is 1.60. The molecule has 14 aromatic rings. The van der Waals surface area contributed by atoms with Crippen molar-refractivity contribution in [3.8, 4) is 45.5 Å². The van der Waals surface area contributed by atoms with Gasteiger partial charge in [-0.2, -0.15) is 0 Å². The largest absolute Gasteiger partial charge is 0.458 e.